The third-order valence-electron chi connectivity index (χ3n) is 5.91. The Morgan fingerprint density at radius 1 is 1.08 bits per heavy atom. The van der Waals surface area contributed by atoms with Crippen LogP contribution in [0, 0.1) is 5.92 Å². The third-order valence-corrected chi connectivity index (χ3v) is 5.91. The molecule has 24 heavy (non-hydrogen) atoms. The number of rotatable bonds is 2. The molecule has 1 aliphatic heterocycles. The van der Waals surface area contributed by atoms with Gasteiger partial charge < -0.3 is 4.90 Å². The molecule has 1 aromatic carbocycles. The largest absolute Gasteiger partial charge is 0.338 e. The topological polar surface area (TPSA) is 47.2 Å². The standard InChI is InChI=1S/C19H25N3O2/c1-20-16-10-4-5-11-17(16)22(19(20)24)13-18(23)21-12-6-8-14-7-2-3-9-15(14)21/h4-5,10-11,14-15H,2-3,6-9,12-13H2,1H3. The van der Waals surface area contributed by atoms with Gasteiger partial charge >= 0.3 is 5.69 Å². The minimum atomic E-state index is -0.109. The highest BCUT2D eigenvalue weighted by molar-refractivity contribution is 5.81. The number of imidazole rings is 1. The number of aromatic nitrogens is 2. The zero-order valence-corrected chi connectivity index (χ0v) is 14.3. The van der Waals surface area contributed by atoms with Crippen molar-refractivity contribution in [2.24, 2.45) is 13.0 Å². The maximum Gasteiger partial charge on any atom is 0.329 e. The van der Waals surface area contributed by atoms with Crippen LogP contribution in [0.25, 0.3) is 11.0 Å². The van der Waals surface area contributed by atoms with Gasteiger partial charge in [-0.3, -0.25) is 13.9 Å². The van der Waals surface area contributed by atoms with E-state index in [1.165, 1.54) is 25.7 Å². The number of hydrogen-bond acceptors (Lipinski definition) is 2. The molecule has 5 heteroatoms. The summed E-state index contributed by atoms with van der Waals surface area (Å²) in [4.78, 5) is 27.6. The van der Waals surface area contributed by atoms with Gasteiger partial charge in [-0.15, -0.1) is 0 Å². The van der Waals surface area contributed by atoms with Crippen molar-refractivity contribution in [1.82, 2.24) is 14.0 Å². The fraction of sp³-hybridized carbons (Fsp3) is 0.579. The first-order valence-electron chi connectivity index (χ1n) is 9.10. The van der Waals surface area contributed by atoms with Crippen LogP contribution in [-0.4, -0.2) is 32.5 Å². The molecule has 2 fully saturated rings. The Hall–Kier alpha value is -2.04. The molecule has 4 rings (SSSR count). The first-order valence-corrected chi connectivity index (χ1v) is 9.10. The lowest BCUT2D eigenvalue weighted by Gasteiger charge is -2.44. The van der Waals surface area contributed by atoms with Gasteiger partial charge in [0, 0.05) is 19.6 Å². The summed E-state index contributed by atoms with van der Waals surface area (Å²) in [6.45, 7) is 1.00. The first-order chi connectivity index (χ1) is 11.7. The summed E-state index contributed by atoms with van der Waals surface area (Å²) in [6.07, 6.45) is 7.24. The molecule has 1 aliphatic carbocycles. The number of para-hydroxylation sites is 2. The summed E-state index contributed by atoms with van der Waals surface area (Å²) >= 11 is 0. The summed E-state index contributed by atoms with van der Waals surface area (Å²) < 4.78 is 3.26. The molecule has 1 amide bonds. The van der Waals surface area contributed by atoms with Gasteiger partial charge in [-0.25, -0.2) is 4.79 Å². The van der Waals surface area contributed by atoms with E-state index in [1.807, 2.05) is 24.3 Å². The van der Waals surface area contributed by atoms with E-state index in [-0.39, 0.29) is 18.1 Å². The van der Waals surface area contributed by atoms with Crippen LogP contribution < -0.4 is 5.69 Å². The highest BCUT2D eigenvalue weighted by Gasteiger charge is 2.35. The minimum absolute atomic E-state index is 0.102. The van der Waals surface area contributed by atoms with Gasteiger partial charge in [0.05, 0.1) is 11.0 Å². The molecule has 0 bridgehead atoms. The lowest BCUT2D eigenvalue weighted by Crippen LogP contribution is -2.51. The van der Waals surface area contributed by atoms with E-state index in [0.717, 1.165) is 30.4 Å². The second-order valence-corrected chi connectivity index (χ2v) is 7.26. The van der Waals surface area contributed by atoms with Gasteiger partial charge in [-0.2, -0.15) is 0 Å². The number of likely N-dealkylation sites (tertiary alicyclic amines) is 1. The number of aryl methyl sites for hydroxylation is 1. The van der Waals surface area contributed by atoms with E-state index in [1.54, 1.807) is 16.2 Å². The molecule has 0 N–H and O–H groups in total. The highest BCUT2D eigenvalue weighted by Crippen LogP contribution is 2.35. The molecule has 0 radical (unpaired) electrons. The Labute approximate surface area is 141 Å². The fourth-order valence-electron chi connectivity index (χ4n) is 4.68. The van der Waals surface area contributed by atoms with E-state index in [4.69, 9.17) is 0 Å². The number of nitrogens with zero attached hydrogens (tertiary/aromatic N) is 3. The molecule has 5 nitrogen and oxygen atoms in total. The summed E-state index contributed by atoms with van der Waals surface area (Å²) in [7, 11) is 1.77. The van der Waals surface area contributed by atoms with Gasteiger partial charge in [-0.05, 0) is 43.7 Å². The van der Waals surface area contributed by atoms with Gasteiger partial charge in [0.15, 0.2) is 0 Å². The van der Waals surface area contributed by atoms with E-state index < -0.39 is 0 Å². The molecule has 1 saturated heterocycles. The Bertz CT molecular complexity index is 818. The van der Waals surface area contributed by atoms with Crippen LogP contribution in [0.1, 0.15) is 38.5 Å². The normalized spacial score (nSPS) is 24.1. The van der Waals surface area contributed by atoms with E-state index >= 15 is 0 Å². The maximum atomic E-state index is 13.0. The molecule has 2 aliphatic rings. The number of hydrogen-bond donors (Lipinski definition) is 0. The smallest absolute Gasteiger partial charge is 0.329 e. The Morgan fingerprint density at radius 2 is 1.79 bits per heavy atom. The average Bonchev–Trinajstić information content (AvgIpc) is 2.86. The Balaban J connectivity index is 1.62. The van der Waals surface area contributed by atoms with Crippen LogP contribution in [0.5, 0.6) is 0 Å². The van der Waals surface area contributed by atoms with Gasteiger partial charge in [0.1, 0.15) is 6.54 Å². The third kappa shape index (κ3) is 2.46. The minimum Gasteiger partial charge on any atom is -0.338 e. The van der Waals surface area contributed by atoms with E-state index in [9.17, 15) is 9.59 Å². The van der Waals surface area contributed by atoms with Crippen molar-refractivity contribution in [2.75, 3.05) is 6.54 Å². The van der Waals surface area contributed by atoms with Crippen LogP contribution in [0.3, 0.4) is 0 Å². The van der Waals surface area contributed by atoms with E-state index in [2.05, 4.69) is 4.90 Å². The van der Waals surface area contributed by atoms with Crippen LogP contribution in [0.4, 0.5) is 0 Å². The quantitative estimate of drug-likeness (QED) is 0.851. The summed E-state index contributed by atoms with van der Waals surface area (Å²) in [5, 5.41) is 0. The Morgan fingerprint density at radius 3 is 2.62 bits per heavy atom. The van der Waals surface area contributed by atoms with Crippen molar-refractivity contribution in [3.8, 4) is 0 Å². The number of fused-ring (bicyclic) bond motifs is 2. The first kappa shape index (κ1) is 15.5. The SMILES string of the molecule is Cn1c(=O)n(CC(=O)N2CCCC3CCCCC32)c2ccccc21. The fourth-order valence-corrected chi connectivity index (χ4v) is 4.68. The van der Waals surface area contributed by atoms with Gasteiger partial charge in [0.2, 0.25) is 5.91 Å². The van der Waals surface area contributed by atoms with Crippen molar-refractivity contribution in [2.45, 2.75) is 51.1 Å². The number of carbonyl (C=O) groups excluding carboxylic acids is 1. The number of amides is 1. The van der Waals surface area contributed by atoms with Crippen molar-refractivity contribution < 1.29 is 4.79 Å². The molecule has 128 valence electrons. The predicted molar refractivity (Wildman–Crippen MR) is 93.9 cm³/mol. The maximum absolute atomic E-state index is 13.0. The molecule has 1 aromatic heterocycles. The monoisotopic (exact) mass is 327 g/mol. The zero-order chi connectivity index (χ0) is 16.7. The molecule has 0 spiro atoms. The van der Waals surface area contributed by atoms with Crippen molar-refractivity contribution in [3.05, 3.63) is 34.7 Å². The van der Waals surface area contributed by atoms with Crippen LogP contribution >= 0.6 is 0 Å². The molecule has 2 unspecified atom stereocenters. The molecular formula is C19H25N3O2. The number of piperidine rings is 1. The average molecular weight is 327 g/mol. The lowest BCUT2D eigenvalue weighted by molar-refractivity contribution is -0.138. The zero-order valence-electron chi connectivity index (χ0n) is 14.3. The van der Waals surface area contributed by atoms with Crippen LogP contribution in [-0.2, 0) is 18.4 Å². The molecule has 2 atom stereocenters. The summed E-state index contributed by atoms with van der Waals surface area (Å²) in [5.41, 5.74) is 1.61. The van der Waals surface area contributed by atoms with Crippen LogP contribution in [0.15, 0.2) is 29.1 Å². The molecule has 2 aromatic rings. The second kappa shape index (κ2) is 6.11. The Kier molecular flexibility index (Phi) is 3.94. The number of carbonyl (C=O) groups is 1. The van der Waals surface area contributed by atoms with Crippen LogP contribution in [0.2, 0.25) is 0 Å². The van der Waals surface area contributed by atoms with E-state index in [0.29, 0.717) is 12.0 Å². The number of benzene rings is 1. The van der Waals surface area contributed by atoms with Crippen molar-refractivity contribution in [3.63, 3.8) is 0 Å². The summed E-state index contributed by atoms with van der Waals surface area (Å²) in [5.74, 6) is 0.769. The van der Waals surface area contributed by atoms with Crippen molar-refractivity contribution in [1.29, 1.82) is 0 Å². The highest BCUT2D eigenvalue weighted by atomic mass is 16.2. The molecule has 1 saturated carbocycles. The van der Waals surface area contributed by atoms with Gasteiger partial charge in [-0.1, -0.05) is 25.0 Å². The van der Waals surface area contributed by atoms with Crippen molar-refractivity contribution >= 4 is 16.9 Å². The second-order valence-electron chi connectivity index (χ2n) is 7.26. The summed E-state index contributed by atoms with van der Waals surface area (Å²) in [6, 6.07) is 8.08. The lowest BCUT2D eigenvalue weighted by atomic mass is 9.78. The molecule has 2 heterocycles. The van der Waals surface area contributed by atoms with Gasteiger partial charge in [0.25, 0.3) is 0 Å². The molecular weight excluding hydrogens is 302 g/mol. The predicted octanol–water partition coefficient (Wildman–Crippen LogP) is 2.52.